The van der Waals surface area contributed by atoms with Crippen molar-refractivity contribution in [3.8, 4) is 11.3 Å². The SMILES string of the molecule is Cc1ccc(-c2nc(NC(=O)c3ccc(N4C(=O)c5ccccc5C4=O)cc3)sc2C)cc1. The minimum absolute atomic E-state index is 0.312. The van der Waals surface area contributed by atoms with Gasteiger partial charge in [0.2, 0.25) is 0 Å². The molecule has 4 aromatic rings. The highest BCUT2D eigenvalue weighted by molar-refractivity contribution is 7.16. The van der Waals surface area contributed by atoms with Crippen LogP contribution in [0.4, 0.5) is 10.8 Å². The largest absolute Gasteiger partial charge is 0.298 e. The molecule has 0 saturated heterocycles. The van der Waals surface area contributed by atoms with Crippen molar-refractivity contribution in [1.29, 1.82) is 0 Å². The average molecular weight is 454 g/mol. The fourth-order valence-corrected chi connectivity index (χ4v) is 4.61. The Hall–Kier alpha value is -4.10. The van der Waals surface area contributed by atoms with Crippen molar-refractivity contribution in [3.05, 3.63) is 99.9 Å². The number of fused-ring (bicyclic) bond motifs is 1. The molecule has 1 aliphatic rings. The molecule has 1 N–H and O–H groups in total. The Labute approximate surface area is 194 Å². The predicted molar refractivity (Wildman–Crippen MR) is 129 cm³/mol. The number of anilines is 2. The molecule has 0 radical (unpaired) electrons. The number of nitrogens with one attached hydrogen (secondary N) is 1. The van der Waals surface area contributed by atoms with Crippen molar-refractivity contribution in [3.63, 3.8) is 0 Å². The molecule has 162 valence electrons. The molecule has 0 atom stereocenters. The number of imide groups is 1. The van der Waals surface area contributed by atoms with Crippen LogP contribution in [0.25, 0.3) is 11.3 Å². The fraction of sp³-hybridized carbons (Fsp3) is 0.0769. The molecule has 3 amide bonds. The van der Waals surface area contributed by atoms with Crippen LogP contribution >= 0.6 is 11.3 Å². The van der Waals surface area contributed by atoms with E-state index in [-0.39, 0.29) is 17.7 Å². The molecular formula is C26H19N3O3S. The van der Waals surface area contributed by atoms with Gasteiger partial charge >= 0.3 is 0 Å². The van der Waals surface area contributed by atoms with E-state index in [9.17, 15) is 14.4 Å². The van der Waals surface area contributed by atoms with Crippen LogP contribution in [-0.4, -0.2) is 22.7 Å². The molecule has 33 heavy (non-hydrogen) atoms. The van der Waals surface area contributed by atoms with Crippen LogP contribution in [0.3, 0.4) is 0 Å². The second kappa shape index (κ2) is 8.11. The van der Waals surface area contributed by atoms with E-state index < -0.39 is 0 Å². The zero-order valence-electron chi connectivity index (χ0n) is 18.0. The van der Waals surface area contributed by atoms with E-state index >= 15 is 0 Å². The van der Waals surface area contributed by atoms with E-state index in [2.05, 4.69) is 10.3 Å². The summed E-state index contributed by atoms with van der Waals surface area (Å²) in [5, 5.41) is 3.35. The van der Waals surface area contributed by atoms with Crippen LogP contribution in [0.1, 0.15) is 41.5 Å². The van der Waals surface area contributed by atoms with Crippen LogP contribution in [0.2, 0.25) is 0 Å². The first-order valence-electron chi connectivity index (χ1n) is 10.4. The van der Waals surface area contributed by atoms with E-state index in [1.807, 2.05) is 38.1 Å². The number of aromatic nitrogens is 1. The van der Waals surface area contributed by atoms with Gasteiger partial charge in [0.15, 0.2) is 5.13 Å². The first-order chi connectivity index (χ1) is 15.9. The number of hydrogen-bond acceptors (Lipinski definition) is 5. The summed E-state index contributed by atoms with van der Waals surface area (Å²) >= 11 is 1.41. The number of aryl methyl sites for hydroxylation is 2. The van der Waals surface area contributed by atoms with Gasteiger partial charge in [-0.3, -0.25) is 19.7 Å². The van der Waals surface area contributed by atoms with Crippen molar-refractivity contribution >= 4 is 39.9 Å². The standard InChI is InChI=1S/C26H19N3O3S/c1-15-7-9-17(10-8-15)22-16(2)33-26(27-22)28-23(30)18-11-13-19(14-12-18)29-24(31)20-5-3-4-6-21(20)25(29)32/h3-14H,1-2H3,(H,27,28,30). The molecular weight excluding hydrogens is 434 g/mol. The number of nitrogens with zero attached hydrogens (tertiary/aromatic N) is 2. The highest BCUT2D eigenvalue weighted by Gasteiger charge is 2.36. The smallest absolute Gasteiger partial charge is 0.266 e. The lowest BCUT2D eigenvalue weighted by atomic mass is 10.1. The van der Waals surface area contributed by atoms with Crippen LogP contribution in [0.5, 0.6) is 0 Å². The molecule has 7 heteroatoms. The zero-order valence-corrected chi connectivity index (χ0v) is 18.8. The topological polar surface area (TPSA) is 79.4 Å². The van der Waals surface area contributed by atoms with Crippen LogP contribution in [0, 0.1) is 13.8 Å². The number of thiazole rings is 1. The Kier molecular flexibility index (Phi) is 5.11. The monoisotopic (exact) mass is 453 g/mol. The normalized spacial score (nSPS) is 12.7. The van der Waals surface area contributed by atoms with E-state index in [4.69, 9.17) is 0 Å². The Bertz CT molecular complexity index is 1370. The maximum Gasteiger partial charge on any atom is 0.266 e. The minimum Gasteiger partial charge on any atom is -0.298 e. The van der Waals surface area contributed by atoms with Gasteiger partial charge in [-0.2, -0.15) is 0 Å². The third-order valence-corrected chi connectivity index (χ3v) is 6.41. The number of amides is 3. The summed E-state index contributed by atoms with van der Waals surface area (Å²) in [7, 11) is 0. The van der Waals surface area contributed by atoms with Gasteiger partial charge in [-0.05, 0) is 50.2 Å². The van der Waals surface area contributed by atoms with Crippen molar-refractivity contribution in [1.82, 2.24) is 4.98 Å². The third-order valence-electron chi connectivity index (χ3n) is 5.52. The predicted octanol–water partition coefficient (Wildman–Crippen LogP) is 5.48. The lowest BCUT2D eigenvalue weighted by Crippen LogP contribution is -2.29. The van der Waals surface area contributed by atoms with Gasteiger partial charge in [0.25, 0.3) is 17.7 Å². The zero-order chi connectivity index (χ0) is 23.1. The minimum atomic E-state index is -0.366. The van der Waals surface area contributed by atoms with Crippen LogP contribution < -0.4 is 10.2 Å². The number of benzene rings is 3. The first-order valence-corrected chi connectivity index (χ1v) is 11.2. The van der Waals surface area contributed by atoms with Crippen LogP contribution in [-0.2, 0) is 0 Å². The quantitative estimate of drug-likeness (QED) is 0.415. The molecule has 6 nitrogen and oxygen atoms in total. The number of carbonyl (C=O) groups is 3. The van der Waals surface area contributed by atoms with Crippen molar-refractivity contribution in [2.24, 2.45) is 0 Å². The summed E-state index contributed by atoms with van der Waals surface area (Å²) < 4.78 is 0. The van der Waals surface area contributed by atoms with Gasteiger partial charge in [-0.25, -0.2) is 9.88 Å². The molecule has 1 aliphatic heterocycles. The van der Waals surface area contributed by atoms with Crippen molar-refractivity contribution < 1.29 is 14.4 Å². The van der Waals surface area contributed by atoms with E-state index in [1.54, 1.807) is 48.5 Å². The highest BCUT2D eigenvalue weighted by Crippen LogP contribution is 2.31. The summed E-state index contributed by atoms with van der Waals surface area (Å²) in [6, 6.07) is 21.2. The second-order valence-electron chi connectivity index (χ2n) is 7.78. The van der Waals surface area contributed by atoms with Gasteiger partial charge in [-0.1, -0.05) is 42.0 Å². The molecule has 0 spiro atoms. The van der Waals surface area contributed by atoms with Gasteiger partial charge in [0, 0.05) is 16.0 Å². The van der Waals surface area contributed by atoms with Gasteiger partial charge < -0.3 is 0 Å². The van der Waals surface area contributed by atoms with E-state index in [1.165, 1.54) is 16.9 Å². The van der Waals surface area contributed by atoms with Crippen molar-refractivity contribution in [2.45, 2.75) is 13.8 Å². The molecule has 0 unspecified atom stereocenters. The highest BCUT2D eigenvalue weighted by atomic mass is 32.1. The molecule has 0 bridgehead atoms. The van der Waals surface area contributed by atoms with E-state index in [0.29, 0.717) is 27.5 Å². The molecule has 5 rings (SSSR count). The molecule has 0 saturated carbocycles. The first kappa shape index (κ1) is 20.8. The Morgan fingerprint density at radius 3 is 2.06 bits per heavy atom. The average Bonchev–Trinajstić information content (AvgIpc) is 3.31. The fourth-order valence-electron chi connectivity index (χ4n) is 3.78. The van der Waals surface area contributed by atoms with Gasteiger partial charge in [-0.15, -0.1) is 11.3 Å². The Morgan fingerprint density at radius 1 is 0.848 bits per heavy atom. The van der Waals surface area contributed by atoms with Crippen LogP contribution in [0.15, 0.2) is 72.8 Å². The lowest BCUT2D eigenvalue weighted by Gasteiger charge is -2.14. The Morgan fingerprint density at radius 2 is 1.45 bits per heavy atom. The van der Waals surface area contributed by atoms with Crippen molar-refractivity contribution in [2.75, 3.05) is 10.2 Å². The summed E-state index contributed by atoms with van der Waals surface area (Å²) in [6.45, 7) is 4.00. The molecule has 3 aromatic carbocycles. The molecule has 0 aliphatic carbocycles. The van der Waals surface area contributed by atoms with Gasteiger partial charge in [0.1, 0.15) is 0 Å². The number of rotatable bonds is 4. The maximum absolute atomic E-state index is 12.8. The Balaban J connectivity index is 1.33. The molecule has 1 aromatic heterocycles. The lowest BCUT2D eigenvalue weighted by molar-refractivity contribution is 0.0925. The summed E-state index contributed by atoms with van der Waals surface area (Å²) in [5.74, 6) is -1.04. The summed E-state index contributed by atoms with van der Waals surface area (Å²) in [6.07, 6.45) is 0. The summed E-state index contributed by atoms with van der Waals surface area (Å²) in [5.41, 5.74) is 4.60. The molecule has 2 heterocycles. The maximum atomic E-state index is 12.8. The summed E-state index contributed by atoms with van der Waals surface area (Å²) in [4.78, 5) is 44.8. The molecule has 0 fully saturated rings. The number of carbonyl (C=O) groups excluding carboxylic acids is 3. The van der Waals surface area contributed by atoms with Gasteiger partial charge in [0.05, 0.1) is 22.5 Å². The third kappa shape index (κ3) is 3.72. The number of hydrogen-bond donors (Lipinski definition) is 1. The van der Waals surface area contributed by atoms with E-state index in [0.717, 1.165) is 21.0 Å². The second-order valence-corrected chi connectivity index (χ2v) is 8.99.